The van der Waals surface area contributed by atoms with Crippen LogP contribution in [0.1, 0.15) is 19.7 Å². The zero-order valence-electron chi connectivity index (χ0n) is 9.70. The zero-order valence-corrected chi connectivity index (χ0v) is 9.70. The summed E-state index contributed by atoms with van der Waals surface area (Å²) in [5.41, 5.74) is 3.37. The number of aryl methyl sites for hydroxylation is 2. The van der Waals surface area contributed by atoms with Gasteiger partial charge >= 0.3 is 0 Å². The summed E-state index contributed by atoms with van der Waals surface area (Å²) in [7, 11) is 2.04. The molecule has 3 nitrogen and oxygen atoms in total. The standard InChI is InChI=1S/C12H17N3/c1-8(2)13-10-5-6-12-11(7-10)14-9(3)15(12)4/h5-8,13H,1-4H3. The first-order valence-corrected chi connectivity index (χ1v) is 5.27. The van der Waals surface area contributed by atoms with E-state index in [9.17, 15) is 0 Å². The van der Waals surface area contributed by atoms with Gasteiger partial charge in [0.25, 0.3) is 0 Å². The van der Waals surface area contributed by atoms with Crippen molar-refractivity contribution in [3.05, 3.63) is 24.0 Å². The van der Waals surface area contributed by atoms with E-state index >= 15 is 0 Å². The Morgan fingerprint density at radius 3 is 2.73 bits per heavy atom. The predicted molar refractivity (Wildman–Crippen MR) is 64.2 cm³/mol. The van der Waals surface area contributed by atoms with Gasteiger partial charge in [0.2, 0.25) is 0 Å². The average Bonchev–Trinajstić information content (AvgIpc) is 2.41. The minimum absolute atomic E-state index is 0.451. The second-order valence-corrected chi connectivity index (χ2v) is 4.22. The van der Waals surface area contributed by atoms with E-state index in [2.05, 4.69) is 46.9 Å². The van der Waals surface area contributed by atoms with E-state index in [1.165, 1.54) is 5.52 Å². The number of benzene rings is 1. The number of fused-ring (bicyclic) bond motifs is 1. The van der Waals surface area contributed by atoms with E-state index < -0.39 is 0 Å². The summed E-state index contributed by atoms with van der Waals surface area (Å²) in [5.74, 6) is 1.05. The van der Waals surface area contributed by atoms with Gasteiger partial charge in [0, 0.05) is 18.8 Å². The molecule has 15 heavy (non-hydrogen) atoms. The van der Waals surface area contributed by atoms with Crippen molar-refractivity contribution < 1.29 is 0 Å². The lowest BCUT2D eigenvalue weighted by Crippen LogP contribution is -2.09. The molecule has 1 heterocycles. The molecule has 0 aliphatic carbocycles. The minimum Gasteiger partial charge on any atom is -0.383 e. The van der Waals surface area contributed by atoms with E-state index in [0.717, 1.165) is 17.0 Å². The molecule has 3 heteroatoms. The minimum atomic E-state index is 0.451. The van der Waals surface area contributed by atoms with Crippen molar-refractivity contribution in [3.8, 4) is 0 Å². The molecule has 0 saturated carbocycles. The summed E-state index contributed by atoms with van der Waals surface area (Å²) in [6, 6.07) is 6.76. The number of anilines is 1. The highest BCUT2D eigenvalue weighted by Gasteiger charge is 2.04. The Kier molecular flexibility index (Phi) is 2.39. The molecule has 0 fully saturated rings. The number of nitrogens with zero attached hydrogens (tertiary/aromatic N) is 2. The van der Waals surface area contributed by atoms with Gasteiger partial charge in [0.15, 0.2) is 0 Å². The van der Waals surface area contributed by atoms with Crippen LogP contribution in [0.5, 0.6) is 0 Å². The molecule has 0 amide bonds. The summed E-state index contributed by atoms with van der Waals surface area (Å²) in [4.78, 5) is 4.50. The molecule has 0 aliphatic rings. The van der Waals surface area contributed by atoms with Crippen molar-refractivity contribution in [2.45, 2.75) is 26.8 Å². The first-order valence-electron chi connectivity index (χ1n) is 5.27. The third-order valence-electron chi connectivity index (χ3n) is 2.56. The maximum absolute atomic E-state index is 4.50. The Morgan fingerprint density at radius 1 is 1.33 bits per heavy atom. The number of hydrogen-bond acceptors (Lipinski definition) is 2. The van der Waals surface area contributed by atoms with E-state index in [1.807, 2.05) is 14.0 Å². The van der Waals surface area contributed by atoms with E-state index in [1.54, 1.807) is 0 Å². The topological polar surface area (TPSA) is 29.9 Å². The van der Waals surface area contributed by atoms with Crippen molar-refractivity contribution in [1.29, 1.82) is 0 Å². The van der Waals surface area contributed by atoms with Crippen molar-refractivity contribution in [1.82, 2.24) is 9.55 Å². The van der Waals surface area contributed by atoms with Gasteiger partial charge in [-0.2, -0.15) is 0 Å². The molecule has 80 valence electrons. The monoisotopic (exact) mass is 203 g/mol. The smallest absolute Gasteiger partial charge is 0.106 e. The zero-order chi connectivity index (χ0) is 11.0. The molecule has 2 aromatic rings. The number of aromatic nitrogens is 2. The Hall–Kier alpha value is -1.51. The first kappa shape index (κ1) is 10.0. The van der Waals surface area contributed by atoms with Crippen molar-refractivity contribution in [2.24, 2.45) is 7.05 Å². The van der Waals surface area contributed by atoms with Crippen LogP contribution < -0.4 is 5.32 Å². The lowest BCUT2D eigenvalue weighted by molar-refractivity contribution is 0.886. The van der Waals surface area contributed by atoms with Crippen LogP contribution in [0, 0.1) is 6.92 Å². The maximum atomic E-state index is 4.50. The lowest BCUT2D eigenvalue weighted by Gasteiger charge is -2.09. The molecule has 0 aliphatic heterocycles. The van der Waals surface area contributed by atoms with Gasteiger partial charge < -0.3 is 9.88 Å². The number of imidazole rings is 1. The van der Waals surface area contributed by atoms with Crippen LogP contribution in [0.25, 0.3) is 11.0 Å². The van der Waals surface area contributed by atoms with Crippen LogP contribution in [0.2, 0.25) is 0 Å². The largest absolute Gasteiger partial charge is 0.383 e. The molecule has 0 atom stereocenters. The molecule has 0 unspecified atom stereocenters. The highest BCUT2D eigenvalue weighted by atomic mass is 15.1. The first-order chi connectivity index (χ1) is 7.08. The highest BCUT2D eigenvalue weighted by molar-refractivity contribution is 5.80. The van der Waals surface area contributed by atoms with Crippen LogP contribution in [0.4, 0.5) is 5.69 Å². The van der Waals surface area contributed by atoms with Crippen LogP contribution in [-0.4, -0.2) is 15.6 Å². The van der Waals surface area contributed by atoms with Gasteiger partial charge in [-0.15, -0.1) is 0 Å². The molecule has 1 N–H and O–H groups in total. The molecule has 1 aromatic heterocycles. The van der Waals surface area contributed by atoms with E-state index in [0.29, 0.717) is 6.04 Å². The quantitative estimate of drug-likeness (QED) is 0.813. The van der Waals surface area contributed by atoms with E-state index in [-0.39, 0.29) is 0 Å². The molecular formula is C12H17N3. The van der Waals surface area contributed by atoms with Gasteiger partial charge in [-0.05, 0) is 39.0 Å². The fourth-order valence-corrected chi connectivity index (χ4v) is 1.74. The normalized spacial score (nSPS) is 11.3. The summed E-state index contributed by atoms with van der Waals surface area (Å²) in [6.07, 6.45) is 0. The van der Waals surface area contributed by atoms with Crippen molar-refractivity contribution >= 4 is 16.7 Å². The van der Waals surface area contributed by atoms with Gasteiger partial charge in [0.05, 0.1) is 11.0 Å². The van der Waals surface area contributed by atoms with Crippen LogP contribution >= 0.6 is 0 Å². The molecule has 0 bridgehead atoms. The van der Waals surface area contributed by atoms with E-state index in [4.69, 9.17) is 0 Å². The van der Waals surface area contributed by atoms with Crippen molar-refractivity contribution in [2.75, 3.05) is 5.32 Å². The Balaban J connectivity index is 2.47. The second-order valence-electron chi connectivity index (χ2n) is 4.22. The molecule has 0 spiro atoms. The fraction of sp³-hybridized carbons (Fsp3) is 0.417. The summed E-state index contributed by atoms with van der Waals surface area (Å²) >= 11 is 0. The third-order valence-corrected chi connectivity index (χ3v) is 2.56. The van der Waals surface area contributed by atoms with Gasteiger partial charge in [-0.3, -0.25) is 0 Å². The number of hydrogen-bond donors (Lipinski definition) is 1. The predicted octanol–water partition coefficient (Wildman–Crippen LogP) is 2.70. The van der Waals surface area contributed by atoms with Crippen LogP contribution in [0.15, 0.2) is 18.2 Å². The lowest BCUT2D eigenvalue weighted by atomic mass is 10.2. The van der Waals surface area contributed by atoms with Crippen LogP contribution in [0.3, 0.4) is 0 Å². The second kappa shape index (κ2) is 3.57. The fourth-order valence-electron chi connectivity index (χ4n) is 1.74. The summed E-state index contributed by atoms with van der Waals surface area (Å²) in [6.45, 7) is 6.29. The number of nitrogens with one attached hydrogen (secondary N) is 1. The molecule has 1 aromatic carbocycles. The van der Waals surface area contributed by atoms with Crippen molar-refractivity contribution in [3.63, 3.8) is 0 Å². The van der Waals surface area contributed by atoms with Gasteiger partial charge in [0.1, 0.15) is 5.82 Å². The molecule has 0 radical (unpaired) electrons. The number of rotatable bonds is 2. The van der Waals surface area contributed by atoms with Crippen LogP contribution in [-0.2, 0) is 7.05 Å². The summed E-state index contributed by atoms with van der Waals surface area (Å²) < 4.78 is 2.11. The Morgan fingerprint density at radius 2 is 2.07 bits per heavy atom. The van der Waals surface area contributed by atoms with Gasteiger partial charge in [-0.1, -0.05) is 0 Å². The van der Waals surface area contributed by atoms with Gasteiger partial charge in [-0.25, -0.2) is 4.98 Å². The Bertz CT molecular complexity index is 483. The molecule has 2 rings (SSSR count). The highest BCUT2D eigenvalue weighted by Crippen LogP contribution is 2.19. The average molecular weight is 203 g/mol. The molecule has 0 saturated heterocycles. The molecular weight excluding hydrogens is 186 g/mol. The third kappa shape index (κ3) is 1.82. The SMILES string of the molecule is Cc1nc2cc(NC(C)C)ccc2n1C. The maximum Gasteiger partial charge on any atom is 0.106 e. The Labute approximate surface area is 90.1 Å². The summed E-state index contributed by atoms with van der Waals surface area (Å²) in [5, 5.41) is 3.38.